The van der Waals surface area contributed by atoms with Crippen molar-refractivity contribution in [3.63, 3.8) is 0 Å². The van der Waals surface area contributed by atoms with Crippen LogP contribution in [0.5, 0.6) is 0 Å². The van der Waals surface area contributed by atoms with Gasteiger partial charge in [-0.15, -0.1) is 0 Å². The van der Waals surface area contributed by atoms with E-state index in [1.165, 1.54) is 25.7 Å². The molecule has 2 nitrogen and oxygen atoms in total. The van der Waals surface area contributed by atoms with Gasteiger partial charge >= 0.3 is 0 Å². The molecule has 0 aliphatic heterocycles. The molecule has 1 rings (SSSR count). The molecular weight excluding hydrogens is 192 g/mol. The van der Waals surface area contributed by atoms with E-state index < -0.39 is 0 Å². The topological polar surface area (TPSA) is 15.3 Å². The van der Waals surface area contributed by atoms with Crippen LogP contribution in [-0.2, 0) is 0 Å². The van der Waals surface area contributed by atoms with Gasteiger partial charge in [0.2, 0.25) is 0 Å². The Bertz CT molecular complexity index is 186. The van der Waals surface area contributed by atoms with E-state index in [1.54, 1.807) is 0 Å². The molecule has 0 radical (unpaired) electrons. The summed E-state index contributed by atoms with van der Waals surface area (Å²) < 4.78 is 0. The normalized spacial score (nSPS) is 27.1. The first-order valence-electron chi connectivity index (χ1n) is 5.65. The molecular formula is C11H22N2S. The molecule has 0 unspecified atom stereocenters. The maximum absolute atomic E-state index is 5.30. The highest BCUT2D eigenvalue weighted by Crippen LogP contribution is 2.26. The number of hydrogen-bond acceptors (Lipinski definition) is 1. The maximum Gasteiger partial charge on any atom is 0.168 e. The standard InChI is InChI=1S/C11H22N2S/c1-4-12-11(14)13(3)10-7-5-9(2)6-8-10/h9-10H,4-8H2,1-3H3,(H,12,14). The Morgan fingerprint density at radius 1 is 1.36 bits per heavy atom. The Morgan fingerprint density at radius 2 is 1.93 bits per heavy atom. The second kappa shape index (κ2) is 5.54. The third kappa shape index (κ3) is 3.12. The van der Waals surface area contributed by atoms with E-state index in [0.29, 0.717) is 6.04 Å². The summed E-state index contributed by atoms with van der Waals surface area (Å²) in [6.45, 7) is 5.36. The summed E-state index contributed by atoms with van der Waals surface area (Å²) in [5.41, 5.74) is 0. The van der Waals surface area contributed by atoms with Gasteiger partial charge in [0.15, 0.2) is 5.11 Å². The summed E-state index contributed by atoms with van der Waals surface area (Å²) in [4.78, 5) is 2.24. The monoisotopic (exact) mass is 214 g/mol. The first-order valence-corrected chi connectivity index (χ1v) is 6.06. The number of nitrogens with zero attached hydrogens (tertiary/aromatic N) is 1. The maximum atomic E-state index is 5.30. The number of thiocarbonyl (C=S) groups is 1. The lowest BCUT2D eigenvalue weighted by Crippen LogP contribution is -2.44. The van der Waals surface area contributed by atoms with E-state index in [2.05, 4.69) is 31.1 Å². The van der Waals surface area contributed by atoms with Crippen molar-refractivity contribution in [2.45, 2.75) is 45.6 Å². The predicted octanol–water partition coefficient (Wildman–Crippen LogP) is 2.39. The zero-order chi connectivity index (χ0) is 10.6. The fraction of sp³-hybridized carbons (Fsp3) is 0.909. The van der Waals surface area contributed by atoms with Crippen molar-refractivity contribution in [3.8, 4) is 0 Å². The van der Waals surface area contributed by atoms with Gasteiger partial charge in [-0.3, -0.25) is 0 Å². The summed E-state index contributed by atoms with van der Waals surface area (Å²) in [6.07, 6.45) is 5.29. The van der Waals surface area contributed by atoms with Crippen molar-refractivity contribution in [3.05, 3.63) is 0 Å². The molecule has 3 heteroatoms. The molecule has 0 aromatic heterocycles. The number of nitrogens with one attached hydrogen (secondary N) is 1. The lowest BCUT2D eigenvalue weighted by molar-refractivity contribution is 0.237. The zero-order valence-electron chi connectivity index (χ0n) is 9.55. The van der Waals surface area contributed by atoms with Crippen LogP contribution in [0.2, 0.25) is 0 Å². The van der Waals surface area contributed by atoms with Crippen LogP contribution in [0.25, 0.3) is 0 Å². The minimum atomic E-state index is 0.665. The highest BCUT2D eigenvalue weighted by Gasteiger charge is 2.22. The lowest BCUT2D eigenvalue weighted by Gasteiger charge is -2.35. The van der Waals surface area contributed by atoms with Crippen LogP contribution in [0.3, 0.4) is 0 Å². The van der Waals surface area contributed by atoms with Crippen LogP contribution in [-0.4, -0.2) is 29.6 Å². The molecule has 1 aliphatic rings. The molecule has 0 bridgehead atoms. The Labute approximate surface area is 93.1 Å². The summed E-state index contributed by atoms with van der Waals surface area (Å²) in [6, 6.07) is 0.665. The lowest BCUT2D eigenvalue weighted by atomic mass is 9.87. The molecule has 1 N–H and O–H groups in total. The predicted molar refractivity (Wildman–Crippen MR) is 65.5 cm³/mol. The Kier molecular flexibility index (Phi) is 4.66. The minimum Gasteiger partial charge on any atom is -0.363 e. The minimum absolute atomic E-state index is 0.665. The third-order valence-corrected chi connectivity index (χ3v) is 3.61. The van der Waals surface area contributed by atoms with Gasteiger partial charge in [-0.25, -0.2) is 0 Å². The summed E-state index contributed by atoms with van der Waals surface area (Å²) in [5.74, 6) is 0.910. The van der Waals surface area contributed by atoms with E-state index in [9.17, 15) is 0 Å². The molecule has 1 aliphatic carbocycles. The van der Waals surface area contributed by atoms with E-state index in [4.69, 9.17) is 12.2 Å². The molecule has 0 atom stereocenters. The van der Waals surface area contributed by atoms with E-state index in [1.807, 2.05) is 0 Å². The SMILES string of the molecule is CCNC(=S)N(C)C1CCC(C)CC1. The van der Waals surface area contributed by atoms with Crippen molar-refractivity contribution in [2.24, 2.45) is 5.92 Å². The van der Waals surface area contributed by atoms with Gasteiger partial charge in [-0.05, 0) is 50.7 Å². The van der Waals surface area contributed by atoms with Crippen molar-refractivity contribution < 1.29 is 0 Å². The second-order valence-electron chi connectivity index (χ2n) is 4.36. The van der Waals surface area contributed by atoms with Crippen LogP contribution in [0.4, 0.5) is 0 Å². The molecule has 0 heterocycles. The van der Waals surface area contributed by atoms with Crippen LogP contribution >= 0.6 is 12.2 Å². The molecule has 0 spiro atoms. The van der Waals surface area contributed by atoms with E-state index in [0.717, 1.165) is 17.6 Å². The molecule has 0 aromatic carbocycles. The summed E-state index contributed by atoms with van der Waals surface area (Å²) in [7, 11) is 2.12. The summed E-state index contributed by atoms with van der Waals surface area (Å²) >= 11 is 5.30. The van der Waals surface area contributed by atoms with Gasteiger partial charge in [0.05, 0.1) is 0 Å². The van der Waals surface area contributed by atoms with E-state index in [-0.39, 0.29) is 0 Å². The van der Waals surface area contributed by atoms with E-state index >= 15 is 0 Å². The molecule has 1 saturated carbocycles. The van der Waals surface area contributed by atoms with Crippen molar-refractivity contribution in [2.75, 3.05) is 13.6 Å². The number of rotatable bonds is 2. The van der Waals surface area contributed by atoms with Gasteiger partial charge in [0, 0.05) is 19.6 Å². The summed E-state index contributed by atoms with van der Waals surface area (Å²) in [5, 5.41) is 4.12. The fourth-order valence-electron chi connectivity index (χ4n) is 2.07. The van der Waals surface area contributed by atoms with Crippen molar-refractivity contribution in [1.82, 2.24) is 10.2 Å². The largest absolute Gasteiger partial charge is 0.363 e. The first-order chi connectivity index (χ1) is 6.65. The van der Waals surface area contributed by atoms with Gasteiger partial charge in [-0.2, -0.15) is 0 Å². The number of hydrogen-bond donors (Lipinski definition) is 1. The van der Waals surface area contributed by atoms with Crippen LogP contribution < -0.4 is 5.32 Å². The Hall–Kier alpha value is -0.310. The third-order valence-electron chi connectivity index (χ3n) is 3.18. The molecule has 1 fully saturated rings. The van der Waals surface area contributed by atoms with Crippen molar-refractivity contribution in [1.29, 1.82) is 0 Å². The average molecular weight is 214 g/mol. The van der Waals surface area contributed by atoms with Crippen molar-refractivity contribution >= 4 is 17.3 Å². The van der Waals surface area contributed by atoms with Crippen LogP contribution in [0, 0.1) is 5.92 Å². The quantitative estimate of drug-likeness (QED) is 0.711. The fourth-order valence-corrected chi connectivity index (χ4v) is 2.36. The zero-order valence-corrected chi connectivity index (χ0v) is 10.4. The highest BCUT2D eigenvalue weighted by molar-refractivity contribution is 7.80. The molecule has 0 aromatic rings. The first kappa shape index (κ1) is 11.8. The smallest absolute Gasteiger partial charge is 0.168 e. The average Bonchev–Trinajstić information content (AvgIpc) is 2.18. The molecule has 0 saturated heterocycles. The Balaban J connectivity index is 2.37. The Morgan fingerprint density at radius 3 is 2.43 bits per heavy atom. The van der Waals surface area contributed by atoms with Crippen LogP contribution in [0.1, 0.15) is 39.5 Å². The van der Waals surface area contributed by atoms with Crippen LogP contribution in [0.15, 0.2) is 0 Å². The van der Waals surface area contributed by atoms with Gasteiger partial charge < -0.3 is 10.2 Å². The highest BCUT2D eigenvalue weighted by atomic mass is 32.1. The second-order valence-corrected chi connectivity index (χ2v) is 4.75. The molecule has 14 heavy (non-hydrogen) atoms. The van der Waals surface area contributed by atoms with Gasteiger partial charge in [0.25, 0.3) is 0 Å². The van der Waals surface area contributed by atoms with Gasteiger partial charge in [-0.1, -0.05) is 6.92 Å². The van der Waals surface area contributed by atoms with Gasteiger partial charge in [0.1, 0.15) is 0 Å². The molecule has 82 valence electrons. The molecule has 0 amide bonds.